The minimum atomic E-state index is -0.0934. The Morgan fingerprint density at radius 1 is 1.29 bits per heavy atom. The summed E-state index contributed by atoms with van der Waals surface area (Å²) in [6.45, 7) is 2.11. The van der Waals surface area contributed by atoms with E-state index in [1.807, 2.05) is 24.4 Å². The van der Waals surface area contributed by atoms with Crippen LogP contribution in [-0.2, 0) is 6.61 Å². The van der Waals surface area contributed by atoms with Crippen molar-refractivity contribution in [3.63, 3.8) is 0 Å². The molecule has 0 fully saturated rings. The molecular weight excluding hydrogens is 328 g/mol. The van der Waals surface area contributed by atoms with Crippen molar-refractivity contribution >= 4 is 16.3 Å². The van der Waals surface area contributed by atoms with Gasteiger partial charge in [0.05, 0.1) is 5.69 Å². The Morgan fingerprint density at radius 3 is 2.88 bits per heavy atom. The van der Waals surface area contributed by atoms with Crippen LogP contribution in [0.25, 0.3) is 16.4 Å². The maximum atomic E-state index is 12.1. The molecule has 0 bridgehead atoms. The third-order valence-electron chi connectivity index (χ3n) is 3.48. The van der Waals surface area contributed by atoms with Crippen LogP contribution < -0.4 is 10.3 Å². The fourth-order valence-corrected chi connectivity index (χ4v) is 3.22. The molecule has 0 unspecified atom stereocenters. The van der Waals surface area contributed by atoms with Gasteiger partial charge in [-0.25, -0.2) is 4.98 Å². The number of benzene rings is 1. The number of aryl methyl sites for hydroxylation is 1. The summed E-state index contributed by atoms with van der Waals surface area (Å²) in [6, 6.07) is 8.77. The van der Waals surface area contributed by atoms with Gasteiger partial charge in [0.15, 0.2) is 4.96 Å². The maximum Gasteiger partial charge on any atom is 0.259 e. The second-order valence-corrected chi connectivity index (χ2v) is 5.97. The molecule has 0 aliphatic carbocycles. The smallest absolute Gasteiger partial charge is 0.259 e. The van der Waals surface area contributed by atoms with Crippen molar-refractivity contribution in [3.8, 4) is 17.2 Å². The first kappa shape index (κ1) is 14.6. The highest BCUT2D eigenvalue weighted by Gasteiger charge is 2.08. The molecule has 24 heavy (non-hydrogen) atoms. The Balaban J connectivity index is 1.51. The van der Waals surface area contributed by atoms with Gasteiger partial charge in [-0.05, 0) is 31.2 Å². The summed E-state index contributed by atoms with van der Waals surface area (Å²) in [5, 5.41) is 9.40. The molecule has 1 aromatic carbocycles. The third-order valence-corrected chi connectivity index (χ3v) is 4.42. The molecule has 3 heterocycles. The van der Waals surface area contributed by atoms with Gasteiger partial charge in [0.2, 0.25) is 12.3 Å². The summed E-state index contributed by atoms with van der Waals surface area (Å²) in [6.07, 6.45) is 1.28. The van der Waals surface area contributed by atoms with Gasteiger partial charge in [-0.2, -0.15) is 0 Å². The summed E-state index contributed by atoms with van der Waals surface area (Å²) in [5.74, 6) is 1.12. The maximum absolute atomic E-state index is 12.1. The predicted molar refractivity (Wildman–Crippen MR) is 88.1 cm³/mol. The monoisotopic (exact) mass is 340 g/mol. The standard InChI is InChI=1S/C16H12N4O3S/c1-10-8-24-16-18-12(6-14(21)20(10)16)7-22-13-4-2-11(3-5-13)15-19-17-9-23-15/h2-6,8-9H,7H2,1H3. The van der Waals surface area contributed by atoms with E-state index in [1.54, 1.807) is 16.5 Å². The summed E-state index contributed by atoms with van der Waals surface area (Å²) in [5.41, 5.74) is 2.20. The lowest BCUT2D eigenvalue weighted by molar-refractivity contribution is 0.301. The molecule has 0 saturated heterocycles. The van der Waals surface area contributed by atoms with Crippen molar-refractivity contribution in [2.24, 2.45) is 0 Å². The fourth-order valence-electron chi connectivity index (χ4n) is 2.32. The van der Waals surface area contributed by atoms with Gasteiger partial charge in [-0.1, -0.05) is 0 Å². The van der Waals surface area contributed by atoms with Crippen LogP contribution in [0.5, 0.6) is 5.75 Å². The zero-order valence-corrected chi connectivity index (χ0v) is 13.5. The summed E-state index contributed by atoms with van der Waals surface area (Å²) in [7, 11) is 0. The van der Waals surface area contributed by atoms with Crippen LogP contribution >= 0.6 is 11.3 Å². The number of ether oxygens (including phenoxy) is 1. The Bertz CT molecular complexity index is 1040. The van der Waals surface area contributed by atoms with E-state index >= 15 is 0 Å². The number of rotatable bonds is 4. The topological polar surface area (TPSA) is 82.5 Å². The molecule has 0 N–H and O–H groups in total. The molecule has 0 saturated carbocycles. The van der Waals surface area contributed by atoms with Crippen molar-refractivity contribution in [3.05, 3.63) is 63.8 Å². The Morgan fingerprint density at radius 2 is 2.12 bits per heavy atom. The summed E-state index contributed by atoms with van der Waals surface area (Å²) in [4.78, 5) is 17.2. The Labute approximate surface area is 140 Å². The largest absolute Gasteiger partial charge is 0.487 e. The molecule has 4 rings (SSSR count). The van der Waals surface area contributed by atoms with Crippen molar-refractivity contribution in [2.75, 3.05) is 0 Å². The van der Waals surface area contributed by atoms with E-state index < -0.39 is 0 Å². The number of hydrogen-bond acceptors (Lipinski definition) is 7. The van der Waals surface area contributed by atoms with Crippen LogP contribution in [0.4, 0.5) is 0 Å². The Hall–Kier alpha value is -3.00. The second-order valence-electron chi connectivity index (χ2n) is 5.14. The SMILES string of the molecule is Cc1csc2nc(COc3ccc(-c4nnco4)cc3)cc(=O)n12. The van der Waals surface area contributed by atoms with Gasteiger partial charge in [-0.15, -0.1) is 21.5 Å². The molecule has 0 aliphatic heterocycles. The lowest BCUT2D eigenvalue weighted by atomic mass is 10.2. The molecule has 3 aromatic heterocycles. The first-order valence-electron chi connectivity index (χ1n) is 7.17. The van der Waals surface area contributed by atoms with Crippen molar-refractivity contribution < 1.29 is 9.15 Å². The van der Waals surface area contributed by atoms with Crippen LogP contribution in [0, 0.1) is 6.92 Å². The van der Waals surface area contributed by atoms with E-state index in [0.717, 1.165) is 11.3 Å². The number of nitrogens with zero attached hydrogens (tertiary/aromatic N) is 4. The molecule has 0 aliphatic rings. The first-order chi connectivity index (χ1) is 11.7. The van der Waals surface area contributed by atoms with Crippen LogP contribution in [0.1, 0.15) is 11.4 Å². The molecule has 0 amide bonds. The number of hydrogen-bond donors (Lipinski definition) is 0. The van der Waals surface area contributed by atoms with Crippen LogP contribution in [-0.4, -0.2) is 19.6 Å². The van der Waals surface area contributed by atoms with Crippen molar-refractivity contribution in [2.45, 2.75) is 13.5 Å². The van der Waals surface area contributed by atoms with Crippen LogP contribution in [0.2, 0.25) is 0 Å². The summed E-state index contributed by atoms with van der Waals surface area (Å²) >= 11 is 1.44. The van der Waals surface area contributed by atoms with Crippen molar-refractivity contribution in [1.29, 1.82) is 0 Å². The highest BCUT2D eigenvalue weighted by molar-refractivity contribution is 7.15. The predicted octanol–water partition coefficient (Wildman–Crippen LogP) is 2.69. The van der Waals surface area contributed by atoms with Gasteiger partial charge in [-0.3, -0.25) is 9.20 Å². The minimum absolute atomic E-state index is 0.0934. The van der Waals surface area contributed by atoms with Gasteiger partial charge >= 0.3 is 0 Å². The average Bonchev–Trinajstić information content (AvgIpc) is 3.24. The lowest BCUT2D eigenvalue weighted by Gasteiger charge is -2.06. The molecule has 0 spiro atoms. The number of thiazole rings is 1. The van der Waals surface area contributed by atoms with E-state index in [1.165, 1.54) is 23.8 Å². The second kappa shape index (κ2) is 5.89. The number of fused-ring (bicyclic) bond motifs is 1. The zero-order valence-electron chi connectivity index (χ0n) is 12.7. The molecular formula is C16H12N4O3S. The Kier molecular flexibility index (Phi) is 3.58. The molecule has 0 atom stereocenters. The average molecular weight is 340 g/mol. The molecule has 4 aromatic rings. The highest BCUT2D eigenvalue weighted by Crippen LogP contribution is 2.21. The fraction of sp³-hybridized carbons (Fsp3) is 0.125. The van der Waals surface area contributed by atoms with Gasteiger partial charge in [0.25, 0.3) is 5.56 Å². The van der Waals surface area contributed by atoms with E-state index in [4.69, 9.17) is 9.15 Å². The van der Waals surface area contributed by atoms with Gasteiger partial charge in [0, 0.05) is 22.7 Å². The normalized spacial score (nSPS) is 11.0. The van der Waals surface area contributed by atoms with E-state index in [2.05, 4.69) is 15.2 Å². The third kappa shape index (κ3) is 2.67. The van der Waals surface area contributed by atoms with E-state index in [0.29, 0.717) is 22.3 Å². The van der Waals surface area contributed by atoms with E-state index in [9.17, 15) is 4.79 Å². The summed E-state index contributed by atoms with van der Waals surface area (Å²) < 4.78 is 12.4. The molecule has 8 heteroatoms. The van der Waals surface area contributed by atoms with Crippen LogP contribution in [0.3, 0.4) is 0 Å². The van der Waals surface area contributed by atoms with Crippen molar-refractivity contribution in [1.82, 2.24) is 19.6 Å². The van der Waals surface area contributed by atoms with Gasteiger partial charge in [0.1, 0.15) is 12.4 Å². The minimum Gasteiger partial charge on any atom is -0.487 e. The number of aromatic nitrogens is 4. The van der Waals surface area contributed by atoms with Crippen LogP contribution in [0.15, 0.2) is 51.3 Å². The molecule has 120 valence electrons. The quantitative estimate of drug-likeness (QED) is 0.568. The molecule has 0 radical (unpaired) electrons. The first-order valence-corrected chi connectivity index (χ1v) is 8.05. The molecule has 7 nitrogen and oxygen atoms in total. The van der Waals surface area contributed by atoms with E-state index in [-0.39, 0.29) is 12.2 Å². The highest BCUT2D eigenvalue weighted by atomic mass is 32.1. The lowest BCUT2D eigenvalue weighted by Crippen LogP contribution is -2.15. The van der Waals surface area contributed by atoms with Gasteiger partial charge < -0.3 is 9.15 Å². The zero-order chi connectivity index (χ0) is 16.5.